The van der Waals surface area contributed by atoms with E-state index in [-0.39, 0.29) is 43.6 Å². The Kier molecular flexibility index (Phi) is 9.19. The number of methoxy groups -OCH3 is 1. The molecule has 13 heteroatoms. The van der Waals surface area contributed by atoms with Crippen LogP contribution < -0.4 is 10.6 Å². The van der Waals surface area contributed by atoms with Gasteiger partial charge in [-0.05, 0) is 29.8 Å². The highest BCUT2D eigenvalue weighted by molar-refractivity contribution is 7.13. The van der Waals surface area contributed by atoms with Crippen LogP contribution in [0.2, 0.25) is 0 Å². The summed E-state index contributed by atoms with van der Waals surface area (Å²) in [6.07, 6.45) is -3.23. The Labute approximate surface area is 208 Å². The Morgan fingerprint density at radius 1 is 1.17 bits per heavy atom. The highest BCUT2D eigenvalue weighted by Gasteiger charge is 2.30. The van der Waals surface area contributed by atoms with Crippen LogP contribution in [-0.4, -0.2) is 54.4 Å². The zero-order valence-electron chi connectivity index (χ0n) is 19.1. The van der Waals surface area contributed by atoms with Gasteiger partial charge in [0.25, 0.3) is 5.91 Å². The molecule has 192 valence electrons. The first kappa shape index (κ1) is 26.9. The number of halogens is 3. The molecule has 3 amide bonds. The number of hydrogen-bond acceptors (Lipinski definition) is 7. The molecule has 3 aromatic rings. The third-order valence-corrected chi connectivity index (χ3v) is 5.61. The van der Waals surface area contributed by atoms with Gasteiger partial charge in [0.1, 0.15) is 6.54 Å². The lowest BCUT2D eigenvalue weighted by Gasteiger charge is -2.20. The molecule has 0 spiro atoms. The maximum absolute atomic E-state index is 12.8. The second-order valence-corrected chi connectivity index (χ2v) is 8.40. The molecule has 0 saturated carbocycles. The number of nitrogens with zero attached hydrogens (tertiary/aromatic N) is 2. The van der Waals surface area contributed by atoms with Crippen LogP contribution in [0.1, 0.15) is 27.4 Å². The molecule has 0 fully saturated rings. The van der Waals surface area contributed by atoms with E-state index in [4.69, 9.17) is 9.15 Å². The number of benzene rings is 1. The summed E-state index contributed by atoms with van der Waals surface area (Å²) in [5.74, 6) is -1.32. The average molecular weight is 525 g/mol. The quantitative estimate of drug-likeness (QED) is 0.398. The fraction of sp³-hybridized carbons (Fsp3) is 0.304. The summed E-state index contributed by atoms with van der Waals surface area (Å²) in [5.41, 5.74) is -0.105. The molecular weight excluding hydrogens is 501 g/mol. The molecular formula is C23H23F3N4O5S. The van der Waals surface area contributed by atoms with Crippen LogP contribution in [0.5, 0.6) is 0 Å². The Hall–Kier alpha value is -3.71. The van der Waals surface area contributed by atoms with Gasteiger partial charge in [-0.1, -0.05) is 12.1 Å². The number of ether oxygens (including phenoxy) is 1. The minimum atomic E-state index is -4.46. The van der Waals surface area contributed by atoms with E-state index in [1.54, 1.807) is 11.4 Å². The van der Waals surface area contributed by atoms with Crippen LogP contribution in [0.3, 0.4) is 0 Å². The zero-order chi connectivity index (χ0) is 26.1. The van der Waals surface area contributed by atoms with Crippen LogP contribution in [0, 0.1) is 0 Å². The Bertz CT molecular complexity index is 1180. The topological polar surface area (TPSA) is 114 Å². The van der Waals surface area contributed by atoms with E-state index in [1.165, 1.54) is 36.5 Å². The van der Waals surface area contributed by atoms with E-state index >= 15 is 0 Å². The predicted octanol–water partition coefficient (Wildman–Crippen LogP) is 3.34. The van der Waals surface area contributed by atoms with E-state index in [9.17, 15) is 27.6 Å². The van der Waals surface area contributed by atoms with Crippen LogP contribution in [-0.2, 0) is 33.5 Å². The number of carbonyl (C=O) groups is 3. The van der Waals surface area contributed by atoms with Gasteiger partial charge >= 0.3 is 6.18 Å². The number of amides is 3. The molecule has 2 heterocycles. The smallest absolute Gasteiger partial charge is 0.416 e. The number of anilines is 1. The molecule has 0 aliphatic carbocycles. The molecule has 0 aliphatic heterocycles. The minimum absolute atomic E-state index is 0.0719. The molecule has 9 nitrogen and oxygen atoms in total. The monoisotopic (exact) mass is 524 g/mol. The van der Waals surface area contributed by atoms with Gasteiger partial charge in [0.15, 0.2) is 10.9 Å². The number of hydrogen-bond donors (Lipinski definition) is 2. The fourth-order valence-electron chi connectivity index (χ4n) is 3.07. The molecule has 2 N–H and O–H groups in total. The van der Waals surface area contributed by atoms with Crippen LogP contribution in [0.4, 0.5) is 18.3 Å². The summed E-state index contributed by atoms with van der Waals surface area (Å²) in [6, 6.07) is 7.75. The SMILES string of the molecule is COCCN(CC(=O)Nc1nc(CC(=O)NCc2cccc(C(F)(F)F)c2)cs1)C(=O)c1ccco1. The summed E-state index contributed by atoms with van der Waals surface area (Å²) in [4.78, 5) is 42.7. The lowest BCUT2D eigenvalue weighted by molar-refractivity contribution is -0.137. The van der Waals surface area contributed by atoms with Gasteiger partial charge in [-0.25, -0.2) is 4.98 Å². The van der Waals surface area contributed by atoms with Crippen molar-refractivity contribution in [1.29, 1.82) is 0 Å². The maximum atomic E-state index is 12.8. The van der Waals surface area contributed by atoms with E-state index in [2.05, 4.69) is 15.6 Å². The lowest BCUT2D eigenvalue weighted by atomic mass is 10.1. The second-order valence-electron chi connectivity index (χ2n) is 7.54. The van der Waals surface area contributed by atoms with Crippen molar-refractivity contribution in [2.24, 2.45) is 0 Å². The Balaban J connectivity index is 1.51. The van der Waals surface area contributed by atoms with E-state index in [1.807, 2.05) is 0 Å². The molecule has 0 bridgehead atoms. The van der Waals surface area contributed by atoms with E-state index in [0.29, 0.717) is 11.3 Å². The summed E-state index contributed by atoms with van der Waals surface area (Å²) in [6.45, 7) is 0.0438. The van der Waals surface area contributed by atoms with Crippen LogP contribution in [0.25, 0.3) is 0 Å². The number of furan rings is 1. The van der Waals surface area contributed by atoms with Crippen molar-refractivity contribution in [2.45, 2.75) is 19.1 Å². The van der Waals surface area contributed by atoms with Crippen molar-refractivity contribution >= 4 is 34.2 Å². The third kappa shape index (κ3) is 7.92. The van der Waals surface area contributed by atoms with Crippen molar-refractivity contribution in [2.75, 3.05) is 32.1 Å². The molecule has 0 radical (unpaired) electrons. The Morgan fingerprint density at radius 2 is 1.97 bits per heavy atom. The largest absolute Gasteiger partial charge is 0.459 e. The number of thiazole rings is 1. The van der Waals surface area contributed by atoms with Gasteiger partial charge in [-0.15, -0.1) is 11.3 Å². The highest BCUT2D eigenvalue weighted by atomic mass is 32.1. The summed E-state index contributed by atoms with van der Waals surface area (Å²) in [5, 5.41) is 6.95. The molecule has 0 saturated heterocycles. The first-order valence-electron chi connectivity index (χ1n) is 10.6. The molecule has 1 aromatic carbocycles. The first-order valence-corrected chi connectivity index (χ1v) is 11.5. The molecule has 0 unspecified atom stereocenters. The zero-order valence-corrected chi connectivity index (χ0v) is 19.9. The van der Waals surface area contributed by atoms with Gasteiger partial charge in [0.2, 0.25) is 11.8 Å². The van der Waals surface area contributed by atoms with Crippen LogP contribution in [0.15, 0.2) is 52.5 Å². The number of alkyl halides is 3. The van der Waals surface area contributed by atoms with Gasteiger partial charge in [-0.2, -0.15) is 13.2 Å². The molecule has 36 heavy (non-hydrogen) atoms. The van der Waals surface area contributed by atoms with Gasteiger partial charge in [0, 0.05) is 25.6 Å². The number of aromatic nitrogens is 1. The van der Waals surface area contributed by atoms with Gasteiger partial charge in [-0.3, -0.25) is 14.4 Å². The third-order valence-electron chi connectivity index (χ3n) is 4.80. The van der Waals surface area contributed by atoms with E-state index < -0.39 is 29.5 Å². The molecule has 0 aliphatic rings. The maximum Gasteiger partial charge on any atom is 0.416 e. The molecule has 2 aromatic heterocycles. The molecule has 0 atom stereocenters. The van der Waals surface area contributed by atoms with Crippen molar-refractivity contribution in [1.82, 2.24) is 15.2 Å². The highest BCUT2D eigenvalue weighted by Crippen LogP contribution is 2.29. The van der Waals surface area contributed by atoms with Crippen LogP contribution >= 0.6 is 11.3 Å². The predicted molar refractivity (Wildman–Crippen MR) is 124 cm³/mol. The van der Waals surface area contributed by atoms with Crippen molar-refractivity contribution in [3.63, 3.8) is 0 Å². The Morgan fingerprint density at radius 3 is 2.67 bits per heavy atom. The summed E-state index contributed by atoms with van der Waals surface area (Å²) in [7, 11) is 1.47. The second kappa shape index (κ2) is 12.3. The number of nitrogens with one attached hydrogen (secondary N) is 2. The van der Waals surface area contributed by atoms with Gasteiger partial charge < -0.3 is 24.7 Å². The molecule has 3 rings (SSSR count). The van der Waals surface area contributed by atoms with Crippen molar-refractivity contribution in [3.05, 3.63) is 70.6 Å². The van der Waals surface area contributed by atoms with Crippen molar-refractivity contribution < 1.29 is 36.7 Å². The van der Waals surface area contributed by atoms with Crippen molar-refractivity contribution in [3.8, 4) is 0 Å². The normalized spacial score (nSPS) is 11.2. The summed E-state index contributed by atoms with van der Waals surface area (Å²) >= 11 is 1.10. The van der Waals surface area contributed by atoms with E-state index in [0.717, 1.165) is 23.5 Å². The summed E-state index contributed by atoms with van der Waals surface area (Å²) < 4.78 is 48.6. The first-order chi connectivity index (χ1) is 17.2. The minimum Gasteiger partial charge on any atom is -0.459 e. The number of rotatable bonds is 11. The average Bonchev–Trinajstić information content (AvgIpc) is 3.52. The standard InChI is InChI=1S/C23H23F3N4O5S/c1-34-9-7-30(21(33)18-6-3-8-35-18)13-20(32)29-22-28-17(14-36-22)11-19(31)27-12-15-4-2-5-16(10-15)23(24,25)26/h2-6,8,10,14H,7,9,11-13H2,1H3,(H,27,31)(H,28,29,32). The van der Waals surface area contributed by atoms with Gasteiger partial charge in [0.05, 0.1) is 30.5 Å². The number of carbonyl (C=O) groups excluding carboxylic acids is 3. The fourth-order valence-corrected chi connectivity index (χ4v) is 3.80. The lowest BCUT2D eigenvalue weighted by Crippen LogP contribution is -2.39.